The quantitative estimate of drug-likeness (QED) is 0.671. The zero-order valence-corrected chi connectivity index (χ0v) is 15.8. The van der Waals surface area contributed by atoms with Gasteiger partial charge in [0.05, 0.1) is 11.4 Å². The Balaban J connectivity index is 2.90. The molecule has 1 amide bonds. The number of Topliss-reactive ketones (excluding diaryl/α,β-unsaturated/α-hetero) is 1. The van der Waals surface area contributed by atoms with E-state index in [-0.39, 0.29) is 29.2 Å². The predicted molar refractivity (Wildman–Crippen MR) is 93.4 cm³/mol. The van der Waals surface area contributed by atoms with Gasteiger partial charge >= 0.3 is 0 Å². The molecule has 1 aromatic rings. The molecule has 0 saturated carbocycles. The van der Waals surface area contributed by atoms with Crippen LogP contribution in [0.25, 0.3) is 0 Å². The topological polar surface area (TPSA) is 74.8 Å². The highest BCUT2D eigenvalue weighted by Crippen LogP contribution is 2.16. The molecule has 0 fully saturated rings. The summed E-state index contributed by atoms with van der Waals surface area (Å²) < 4.78 is 26.1. The monoisotopic (exact) mass is 354 g/mol. The van der Waals surface area contributed by atoms with Crippen LogP contribution in [0.3, 0.4) is 0 Å². The van der Waals surface area contributed by atoms with Gasteiger partial charge < -0.3 is 4.90 Å². The second-order valence-electron chi connectivity index (χ2n) is 5.82. The number of likely N-dealkylation sites (N-methyl/N-ethyl adjacent to an activating group) is 2. The Morgan fingerprint density at radius 2 is 1.54 bits per heavy atom. The molecule has 134 valence electrons. The number of rotatable bonds is 8. The Kier molecular flexibility index (Phi) is 7.10. The van der Waals surface area contributed by atoms with Crippen molar-refractivity contribution in [3.63, 3.8) is 0 Å². The predicted octanol–water partition coefficient (Wildman–Crippen LogP) is 2.16. The SMILES string of the molecule is CCC(CC)N(C)C(=O)CN(C)S(=O)(=O)c1ccc(C(C)=O)cc1. The number of benzene rings is 1. The van der Waals surface area contributed by atoms with Gasteiger partial charge in [0.15, 0.2) is 5.78 Å². The van der Waals surface area contributed by atoms with E-state index in [0.717, 1.165) is 17.1 Å². The Hall–Kier alpha value is -1.73. The number of carbonyl (C=O) groups is 2. The van der Waals surface area contributed by atoms with Crippen molar-refractivity contribution in [2.75, 3.05) is 20.6 Å². The van der Waals surface area contributed by atoms with Crippen LogP contribution in [0.1, 0.15) is 44.0 Å². The minimum absolute atomic E-state index is 0.0630. The van der Waals surface area contributed by atoms with Crippen molar-refractivity contribution >= 4 is 21.7 Å². The lowest BCUT2D eigenvalue weighted by atomic mass is 10.1. The molecule has 0 aliphatic carbocycles. The maximum atomic E-state index is 12.6. The van der Waals surface area contributed by atoms with E-state index < -0.39 is 10.0 Å². The molecule has 0 heterocycles. The summed E-state index contributed by atoms with van der Waals surface area (Å²) in [6.45, 7) is 5.19. The minimum Gasteiger partial charge on any atom is -0.342 e. The average molecular weight is 354 g/mol. The highest BCUT2D eigenvalue weighted by Gasteiger charge is 2.26. The molecule has 0 unspecified atom stereocenters. The van der Waals surface area contributed by atoms with Crippen LogP contribution in [-0.4, -0.2) is 56.0 Å². The molecule has 24 heavy (non-hydrogen) atoms. The molecule has 7 heteroatoms. The van der Waals surface area contributed by atoms with Crippen LogP contribution in [-0.2, 0) is 14.8 Å². The number of nitrogens with zero attached hydrogens (tertiary/aromatic N) is 2. The van der Waals surface area contributed by atoms with Crippen LogP contribution >= 0.6 is 0 Å². The van der Waals surface area contributed by atoms with E-state index in [1.54, 1.807) is 11.9 Å². The number of carbonyl (C=O) groups excluding carboxylic acids is 2. The van der Waals surface area contributed by atoms with Crippen molar-refractivity contribution in [1.82, 2.24) is 9.21 Å². The summed E-state index contributed by atoms with van der Waals surface area (Å²) in [7, 11) is -0.696. The number of sulfonamides is 1. The van der Waals surface area contributed by atoms with Gasteiger partial charge in [-0.05, 0) is 31.9 Å². The zero-order valence-electron chi connectivity index (χ0n) is 14.9. The maximum absolute atomic E-state index is 12.6. The summed E-state index contributed by atoms with van der Waals surface area (Å²) in [6, 6.07) is 5.82. The first-order valence-electron chi connectivity index (χ1n) is 7.98. The fourth-order valence-electron chi connectivity index (χ4n) is 2.47. The van der Waals surface area contributed by atoms with Crippen LogP contribution in [0, 0.1) is 0 Å². The van der Waals surface area contributed by atoms with Crippen molar-refractivity contribution in [2.24, 2.45) is 0 Å². The number of amides is 1. The Bertz CT molecular complexity index is 679. The van der Waals surface area contributed by atoms with Crippen LogP contribution < -0.4 is 0 Å². The highest BCUT2D eigenvalue weighted by molar-refractivity contribution is 7.89. The molecule has 1 aromatic carbocycles. The standard InChI is InChI=1S/C17H26N2O4S/c1-6-15(7-2)19(5)17(21)12-18(4)24(22,23)16-10-8-14(9-11-16)13(3)20/h8-11,15H,6-7,12H2,1-5H3. The lowest BCUT2D eigenvalue weighted by Crippen LogP contribution is -2.43. The maximum Gasteiger partial charge on any atom is 0.243 e. The van der Waals surface area contributed by atoms with Crippen LogP contribution in [0.15, 0.2) is 29.2 Å². The summed E-state index contributed by atoms with van der Waals surface area (Å²) in [5.74, 6) is -0.371. The number of hydrogen-bond donors (Lipinski definition) is 0. The van der Waals surface area contributed by atoms with Gasteiger partial charge in [-0.25, -0.2) is 8.42 Å². The first-order valence-corrected chi connectivity index (χ1v) is 9.42. The Morgan fingerprint density at radius 3 is 1.96 bits per heavy atom. The summed E-state index contributed by atoms with van der Waals surface area (Å²) in [5.41, 5.74) is 0.446. The van der Waals surface area contributed by atoms with Gasteiger partial charge in [0.1, 0.15) is 0 Å². The van der Waals surface area contributed by atoms with E-state index in [1.165, 1.54) is 38.2 Å². The Morgan fingerprint density at radius 1 is 1.04 bits per heavy atom. The van der Waals surface area contributed by atoms with Crippen molar-refractivity contribution in [2.45, 2.75) is 44.6 Å². The van der Waals surface area contributed by atoms with E-state index in [4.69, 9.17) is 0 Å². The highest BCUT2D eigenvalue weighted by atomic mass is 32.2. The van der Waals surface area contributed by atoms with Crippen molar-refractivity contribution in [3.8, 4) is 0 Å². The van der Waals surface area contributed by atoms with Crippen LogP contribution in [0.2, 0.25) is 0 Å². The van der Waals surface area contributed by atoms with E-state index in [9.17, 15) is 18.0 Å². The number of ketones is 1. The first-order chi connectivity index (χ1) is 11.1. The lowest BCUT2D eigenvalue weighted by molar-refractivity contribution is -0.132. The molecule has 0 spiro atoms. The fourth-order valence-corrected chi connectivity index (χ4v) is 3.59. The second kappa shape index (κ2) is 8.39. The molecular weight excluding hydrogens is 328 g/mol. The van der Waals surface area contributed by atoms with E-state index in [1.807, 2.05) is 13.8 Å². The fraction of sp³-hybridized carbons (Fsp3) is 0.529. The molecule has 0 bridgehead atoms. The minimum atomic E-state index is -3.77. The zero-order chi connectivity index (χ0) is 18.5. The third-order valence-corrected chi connectivity index (χ3v) is 6.03. The summed E-state index contributed by atoms with van der Waals surface area (Å²) >= 11 is 0. The van der Waals surface area contributed by atoms with E-state index >= 15 is 0 Å². The third kappa shape index (κ3) is 4.64. The lowest BCUT2D eigenvalue weighted by Gasteiger charge is -2.28. The van der Waals surface area contributed by atoms with Gasteiger partial charge in [-0.1, -0.05) is 26.0 Å². The van der Waals surface area contributed by atoms with Crippen LogP contribution in [0.4, 0.5) is 0 Å². The first kappa shape index (κ1) is 20.3. The molecule has 0 aliphatic heterocycles. The third-order valence-electron chi connectivity index (χ3n) is 4.21. The molecule has 0 atom stereocenters. The molecule has 6 nitrogen and oxygen atoms in total. The molecular formula is C17H26N2O4S. The largest absolute Gasteiger partial charge is 0.342 e. The van der Waals surface area contributed by atoms with Crippen molar-refractivity contribution in [1.29, 1.82) is 0 Å². The number of hydrogen-bond acceptors (Lipinski definition) is 4. The molecule has 1 rings (SSSR count). The summed E-state index contributed by atoms with van der Waals surface area (Å²) in [4.78, 5) is 25.2. The van der Waals surface area contributed by atoms with Gasteiger partial charge in [0.2, 0.25) is 15.9 Å². The molecule has 0 saturated heterocycles. The van der Waals surface area contributed by atoms with E-state index in [0.29, 0.717) is 5.56 Å². The average Bonchev–Trinajstić information content (AvgIpc) is 2.55. The van der Waals surface area contributed by atoms with E-state index in [2.05, 4.69) is 0 Å². The smallest absolute Gasteiger partial charge is 0.243 e. The Labute approximate surface area is 144 Å². The molecule has 0 aliphatic rings. The van der Waals surface area contributed by atoms with Gasteiger partial charge in [0, 0.05) is 25.7 Å². The molecule has 0 N–H and O–H groups in total. The van der Waals surface area contributed by atoms with Gasteiger partial charge in [-0.3, -0.25) is 9.59 Å². The summed E-state index contributed by atoms with van der Waals surface area (Å²) in [6.07, 6.45) is 1.64. The van der Waals surface area contributed by atoms with Crippen molar-refractivity contribution < 1.29 is 18.0 Å². The normalized spacial score (nSPS) is 11.8. The second-order valence-corrected chi connectivity index (χ2v) is 7.86. The van der Waals surface area contributed by atoms with Crippen LogP contribution in [0.5, 0.6) is 0 Å². The van der Waals surface area contributed by atoms with Crippen molar-refractivity contribution in [3.05, 3.63) is 29.8 Å². The molecule has 0 radical (unpaired) electrons. The van der Waals surface area contributed by atoms with Gasteiger partial charge in [-0.15, -0.1) is 0 Å². The summed E-state index contributed by atoms with van der Waals surface area (Å²) in [5, 5.41) is 0. The van der Waals surface area contributed by atoms with Gasteiger partial charge in [-0.2, -0.15) is 4.31 Å². The molecule has 0 aromatic heterocycles. The van der Waals surface area contributed by atoms with Gasteiger partial charge in [0.25, 0.3) is 0 Å².